The molecule has 0 saturated carbocycles. The molecule has 0 spiro atoms. The molecule has 1 aliphatic heterocycles. The molecule has 1 aliphatic rings. The smallest absolute Gasteiger partial charge is 0.232 e. The summed E-state index contributed by atoms with van der Waals surface area (Å²) in [4.78, 5) is 28.3. The number of anilines is 1. The van der Waals surface area contributed by atoms with Crippen molar-refractivity contribution in [3.05, 3.63) is 66.0 Å². The Morgan fingerprint density at radius 3 is 2.30 bits per heavy atom. The van der Waals surface area contributed by atoms with Crippen LogP contribution in [0.25, 0.3) is 0 Å². The third kappa shape index (κ3) is 5.29. The molecule has 27 heavy (non-hydrogen) atoms. The first kappa shape index (κ1) is 18.9. The van der Waals surface area contributed by atoms with Crippen molar-refractivity contribution >= 4 is 17.5 Å². The van der Waals surface area contributed by atoms with Crippen LogP contribution in [0.5, 0.6) is 0 Å². The first-order chi connectivity index (χ1) is 13.1. The van der Waals surface area contributed by atoms with Crippen LogP contribution >= 0.6 is 0 Å². The second-order valence-electron chi connectivity index (χ2n) is 6.57. The normalized spacial score (nSPS) is 14.1. The van der Waals surface area contributed by atoms with Crippen molar-refractivity contribution in [3.8, 4) is 0 Å². The van der Waals surface area contributed by atoms with Gasteiger partial charge in [-0.3, -0.25) is 9.59 Å². The standard InChI is InChI=1S/C21H24FN3O2/c22-19-9-5-4-6-17(19)10-11-23-20(26)16-21(27)25-14-12-24(13-15-25)18-7-2-1-3-8-18/h1-9H,10-16H2,(H,23,26). The molecule has 3 rings (SSSR count). The average molecular weight is 369 g/mol. The van der Waals surface area contributed by atoms with Crippen LogP contribution < -0.4 is 10.2 Å². The number of piperazine rings is 1. The van der Waals surface area contributed by atoms with Gasteiger partial charge in [0.15, 0.2) is 0 Å². The molecule has 0 bridgehead atoms. The highest BCUT2D eigenvalue weighted by molar-refractivity contribution is 5.97. The molecule has 0 radical (unpaired) electrons. The van der Waals surface area contributed by atoms with Crippen molar-refractivity contribution in [2.45, 2.75) is 12.8 Å². The van der Waals surface area contributed by atoms with Crippen molar-refractivity contribution in [1.29, 1.82) is 0 Å². The van der Waals surface area contributed by atoms with Gasteiger partial charge in [0.05, 0.1) is 0 Å². The quantitative estimate of drug-likeness (QED) is 0.795. The molecular formula is C21H24FN3O2. The minimum absolute atomic E-state index is 0.161. The Morgan fingerprint density at radius 2 is 1.59 bits per heavy atom. The highest BCUT2D eigenvalue weighted by Crippen LogP contribution is 2.15. The van der Waals surface area contributed by atoms with E-state index in [1.54, 1.807) is 23.1 Å². The van der Waals surface area contributed by atoms with Gasteiger partial charge in [0.25, 0.3) is 0 Å². The Kier molecular flexibility index (Phi) is 6.41. The predicted molar refractivity (Wildman–Crippen MR) is 103 cm³/mol. The Hall–Kier alpha value is -2.89. The van der Waals surface area contributed by atoms with Crippen LogP contribution in [0.4, 0.5) is 10.1 Å². The van der Waals surface area contributed by atoms with E-state index in [-0.39, 0.29) is 24.1 Å². The van der Waals surface area contributed by atoms with E-state index in [1.807, 2.05) is 18.2 Å². The summed E-state index contributed by atoms with van der Waals surface area (Å²) < 4.78 is 13.5. The average Bonchev–Trinajstić information content (AvgIpc) is 2.70. The summed E-state index contributed by atoms with van der Waals surface area (Å²) in [5.41, 5.74) is 1.71. The number of carbonyl (C=O) groups is 2. The van der Waals surface area contributed by atoms with Crippen LogP contribution in [0.1, 0.15) is 12.0 Å². The molecule has 142 valence electrons. The molecule has 2 amide bonds. The molecule has 1 heterocycles. The largest absolute Gasteiger partial charge is 0.368 e. The van der Waals surface area contributed by atoms with Gasteiger partial charge in [0, 0.05) is 38.4 Å². The lowest BCUT2D eigenvalue weighted by Crippen LogP contribution is -2.49. The van der Waals surface area contributed by atoms with E-state index in [9.17, 15) is 14.0 Å². The lowest BCUT2D eigenvalue weighted by molar-refractivity contribution is -0.136. The van der Waals surface area contributed by atoms with Gasteiger partial charge in [0.1, 0.15) is 12.2 Å². The molecule has 2 aromatic carbocycles. The van der Waals surface area contributed by atoms with Crippen molar-refractivity contribution in [2.75, 3.05) is 37.6 Å². The molecule has 6 heteroatoms. The van der Waals surface area contributed by atoms with Gasteiger partial charge in [-0.15, -0.1) is 0 Å². The van der Waals surface area contributed by atoms with E-state index in [4.69, 9.17) is 0 Å². The zero-order chi connectivity index (χ0) is 19.1. The molecule has 0 atom stereocenters. The van der Waals surface area contributed by atoms with Crippen LogP contribution in [0.3, 0.4) is 0 Å². The highest BCUT2D eigenvalue weighted by Gasteiger charge is 2.22. The van der Waals surface area contributed by atoms with Gasteiger partial charge < -0.3 is 15.1 Å². The van der Waals surface area contributed by atoms with E-state index >= 15 is 0 Å². The zero-order valence-electron chi connectivity index (χ0n) is 15.2. The Balaban J connectivity index is 1.39. The molecule has 0 unspecified atom stereocenters. The molecule has 2 aromatic rings. The minimum atomic E-state index is -0.318. The third-order valence-corrected chi connectivity index (χ3v) is 4.74. The van der Waals surface area contributed by atoms with Crippen molar-refractivity contribution in [1.82, 2.24) is 10.2 Å². The van der Waals surface area contributed by atoms with Gasteiger partial charge in [-0.05, 0) is 30.2 Å². The maximum atomic E-state index is 13.5. The number of rotatable bonds is 6. The second kappa shape index (κ2) is 9.16. The summed E-state index contributed by atoms with van der Waals surface area (Å²) in [6, 6.07) is 16.6. The maximum absolute atomic E-state index is 13.5. The van der Waals surface area contributed by atoms with Crippen LogP contribution in [0, 0.1) is 5.82 Å². The molecule has 0 aromatic heterocycles. The summed E-state index contributed by atoms with van der Waals surface area (Å²) >= 11 is 0. The van der Waals surface area contributed by atoms with Crippen molar-refractivity contribution < 1.29 is 14.0 Å². The summed E-state index contributed by atoms with van der Waals surface area (Å²) in [5.74, 6) is -0.757. The Morgan fingerprint density at radius 1 is 0.926 bits per heavy atom. The van der Waals surface area contributed by atoms with Gasteiger partial charge in [-0.1, -0.05) is 36.4 Å². The zero-order valence-corrected chi connectivity index (χ0v) is 15.2. The molecule has 1 fully saturated rings. The molecule has 1 N–H and O–H groups in total. The van der Waals surface area contributed by atoms with E-state index < -0.39 is 0 Å². The fraction of sp³-hybridized carbons (Fsp3) is 0.333. The fourth-order valence-corrected chi connectivity index (χ4v) is 3.20. The SMILES string of the molecule is O=C(CC(=O)N1CCN(c2ccccc2)CC1)NCCc1ccccc1F. The molecular weight excluding hydrogens is 345 g/mol. The summed E-state index contributed by atoms with van der Waals surface area (Å²) in [6.07, 6.45) is 0.241. The first-order valence-electron chi connectivity index (χ1n) is 9.21. The maximum Gasteiger partial charge on any atom is 0.232 e. The number of amides is 2. The number of halogens is 1. The summed E-state index contributed by atoms with van der Waals surface area (Å²) in [5, 5.41) is 2.70. The predicted octanol–water partition coefficient (Wildman–Crippen LogP) is 2.22. The number of para-hydroxylation sites is 1. The van der Waals surface area contributed by atoms with E-state index in [1.165, 1.54) is 6.07 Å². The minimum Gasteiger partial charge on any atom is -0.368 e. The summed E-state index contributed by atoms with van der Waals surface area (Å²) in [6.45, 7) is 3.04. The number of hydrogen-bond donors (Lipinski definition) is 1. The van der Waals surface area contributed by atoms with Crippen molar-refractivity contribution in [3.63, 3.8) is 0 Å². The van der Waals surface area contributed by atoms with Gasteiger partial charge >= 0.3 is 0 Å². The first-order valence-corrected chi connectivity index (χ1v) is 9.21. The van der Waals surface area contributed by atoms with Crippen LogP contribution in [0.15, 0.2) is 54.6 Å². The monoisotopic (exact) mass is 369 g/mol. The van der Waals surface area contributed by atoms with E-state index in [0.717, 1.165) is 18.8 Å². The number of nitrogens with zero attached hydrogens (tertiary/aromatic N) is 2. The Bertz CT molecular complexity index is 774. The highest BCUT2D eigenvalue weighted by atomic mass is 19.1. The number of hydrogen-bond acceptors (Lipinski definition) is 3. The topological polar surface area (TPSA) is 52.7 Å². The second-order valence-corrected chi connectivity index (χ2v) is 6.57. The summed E-state index contributed by atoms with van der Waals surface area (Å²) in [7, 11) is 0. The lowest BCUT2D eigenvalue weighted by Gasteiger charge is -2.36. The van der Waals surface area contributed by atoms with Gasteiger partial charge in [0.2, 0.25) is 11.8 Å². The molecule has 1 saturated heterocycles. The molecule has 5 nitrogen and oxygen atoms in total. The van der Waals surface area contributed by atoms with Gasteiger partial charge in [-0.2, -0.15) is 0 Å². The van der Waals surface area contributed by atoms with Crippen molar-refractivity contribution in [2.24, 2.45) is 0 Å². The van der Waals surface area contributed by atoms with E-state index in [0.29, 0.717) is 31.6 Å². The lowest BCUT2D eigenvalue weighted by atomic mass is 10.1. The number of nitrogens with one attached hydrogen (secondary N) is 1. The van der Waals surface area contributed by atoms with Crippen LogP contribution in [0.2, 0.25) is 0 Å². The van der Waals surface area contributed by atoms with E-state index in [2.05, 4.69) is 22.3 Å². The fourth-order valence-electron chi connectivity index (χ4n) is 3.20. The Labute approximate surface area is 158 Å². The van der Waals surface area contributed by atoms with Crippen LogP contribution in [-0.4, -0.2) is 49.4 Å². The number of benzene rings is 2. The third-order valence-electron chi connectivity index (χ3n) is 4.74. The van der Waals surface area contributed by atoms with Gasteiger partial charge in [-0.25, -0.2) is 4.39 Å². The molecule has 0 aliphatic carbocycles. The van der Waals surface area contributed by atoms with Crippen LogP contribution in [-0.2, 0) is 16.0 Å². The number of carbonyl (C=O) groups excluding carboxylic acids is 2.